The topological polar surface area (TPSA) is 143 Å². The Bertz CT molecular complexity index is 1920. The molecule has 3 aromatic rings. The van der Waals surface area contributed by atoms with Crippen molar-refractivity contribution >= 4 is 47.0 Å². The van der Waals surface area contributed by atoms with Crippen LogP contribution >= 0.6 is 11.6 Å². The highest BCUT2D eigenvalue weighted by Crippen LogP contribution is 2.65. The van der Waals surface area contributed by atoms with Gasteiger partial charge in [-0.3, -0.25) is 24.6 Å². The van der Waals surface area contributed by atoms with Crippen molar-refractivity contribution in [2.45, 2.75) is 24.2 Å². The van der Waals surface area contributed by atoms with Crippen molar-refractivity contribution in [2.75, 3.05) is 19.6 Å². The number of benzene rings is 3. The zero-order valence-corrected chi connectivity index (χ0v) is 26.4. The number of imide groups is 4. The maximum atomic E-state index is 15.1. The minimum atomic E-state index is -1.69. The van der Waals surface area contributed by atoms with E-state index in [1.165, 1.54) is 37.4 Å². The lowest BCUT2D eigenvalue weighted by atomic mass is 9.49. The van der Waals surface area contributed by atoms with E-state index in [1.54, 1.807) is 42.5 Å². The van der Waals surface area contributed by atoms with Gasteiger partial charge in [-0.05, 0) is 78.9 Å². The Kier molecular flexibility index (Phi) is 7.50. The van der Waals surface area contributed by atoms with E-state index in [1.807, 2.05) is 0 Å². The monoisotopic (exact) mass is 673 g/mol. The molecule has 0 spiro atoms. The normalized spacial score (nSPS) is 27.7. The summed E-state index contributed by atoms with van der Waals surface area (Å²) in [7, 11) is 2.52. The lowest BCUT2D eigenvalue weighted by Gasteiger charge is -2.50. The number of hydrogen-bond donors (Lipinski definition) is 2. The molecule has 48 heavy (non-hydrogen) atoms. The number of nitrogens with one attached hydrogen (secondary N) is 1. The average molecular weight is 674 g/mol. The second-order valence-electron chi connectivity index (χ2n) is 12.3. The SMILES string of the molecule is COC(=O)N1C(=O)[C@H]2[C@H](CC=C3[C@H]2C[C@H]2C(=O)N(Nc4ccc(F)cc4)C(=O)[C@@]2(c2ccc(Cl)cc2)[C@H]3c2cc(OC)ccc2O)C1=O. The number of likely N-dealkylation sites (tertiary alicyclic amines) is 1. The van der Waals surface area contributed by atoms with E-state index in [0.717, 1.165) is 12.1 Å². The molecule has 6 atom stereocenters. The van der Waals surface area contributed by atoms with Crippen molar-refractivity contribution in [3.05, 3.63) is 100 Å². The van der Waals surface area contributed by atoms with Gasteiger partial charge >= 0.3 is 6.09 Å². The van der Waals surface area contributed by atoms with Crippen LogP contribution < -0.4 is 10.2 Å². The van der Waals surface area contributed by atoms with Crippen LogP contribution in [0.3, 0.4) is 0 Å². The fourth-order valence-electron chi connectivity index (χ4n) is 8.16. The van der Waals surface area contributed by atoms with Crippen molar-refractivity contribution in [1.29, 1.82) is 0 Å². The Morgan fingerprint density at radius 1 is 0.958 bits per heavy atom. The zero-order chi connectivity index (χ0) is 34.1. The third-order valence-corrected chi connectivity index (χ3v) is 10.4. The Balaban J connectivity index is 1.48. The quantitative estimate of drug-likeness (QED) is 0.284. The summed E-state index contributed by atoms with van der Waals surface area (Å²) in [5.74, 6) is -7.95. The molecule has 4 aliphatic rings. The minimum absolute atomic E-state index is 0.0446. The number of aromatic hydroxyl groups is 1. The first-order valence-corrected chi connectivity index (χ1v) is 15.6. The molecule has 11 nitrogen and oxygen atoms in total. The van der Waals surface area contributed by atoms with Crippen molar-refractivity contribution in [3.8, 4) is 11.5 Å². The van der Waals surface area contributed by atoms with Crippen LogP contribution in [0.4, 0.5) is 14.9 Å². The number of amides is 5. The first kappa shape index (κ1) is 31.4. The summed E-state index contributed by atoms with van der Waals surface area (Å²) < 4.78 is 24.0. The molecule has 0 radical (unpaired) electrons. The Morgan fingerprint density at radius 2 is 1.67 bits per heavy atom. The van der Waals surface area contributed by atoms with Crippen molar-refractivity contribution in [2.24, 2.45) is 23.7 Å². The summed E-state index contributed by atoms with van der Waals surface area (Å²) >= 11 is 6.29. The van der Waals surface area contributed by atoms with Crippen LogP contribution in [0, 0.1) is 29.5 Å². The summed E-state index contributed by atoms with van der Waals surface area (Å²) in [5, 5.41) is 12.7. The molecule has 5 amide bonds. The van der Waals surface area contributed by atoms with E-state index in [9.17, 15) is 28.7 Å². The van der Waals surface area contributed by atoms with Crippen LogP contribution in [0.2, 0.25) is 5.02 Å². The van der Waals surface area contributed by atoms with E-state index in [2.05, 4.69) is 5.43 Å². The fourth-order valence-corrected chi connectivity index (χ4v) is 8.29. The number of carbonyl (C=O) groups excluding carboxylic acids is 5. The number of carbonyl (C=O) groups is 5. The second kappa shape index (κ2) is 11.5. The van der Waals surface area contributed by atoms with Gasteiger partial charge in [0, 0.05) is 16.5 Å². The number of methoxy groups -OCH3 is 2. The van der Waals surface area contributed by atoms with Crippen molar-refractivity contribution in [1.82, 2.24) is 9.91 Å². The number of phenols is 1. The Hall–Kier alpha value is -5.23. The molecule has 0 bridgehead atoms. The number of rotatable bonds is 5. The molecule has 0 unspecified atom stereocenters. The molecule has 3 fully saturated rings. The van der Waals surface area contributed by atoms with Gasteiger partial charge in [0.25, 0.3) is 11.8 Å². The third-order valence-electron chi connectivity index (χ3n) is 10.2. The van der Waals surface area contributed by atoms with Crippen molar-refractivity contribution in [3.63, 3.8) is 0 Å². The zero-order valence-electron chi connectivity index (χ0n) is 25.7. The van der Waals surface area contributed by atoms with Crippen molar-refractivity contribution < 1.29 is 42.9 Å². The number of phenolic OH excluding ortho intramolecular Hbond substituents is 1. The smallest absolute Gasteiger partial charge is 0.423 e. The average Bonchev–Trinajstić information content (AvgIpc) is 3.47. The number of halogens is 2. The van der Waals surface area contributed by atoms with Crippen LogP contribution in [0.15, 0.2) is 78.4 Å². The van der Waals surface area contributed by atoms with Crippen LogP contribution in [0.5, 0.6) is 11.5 Å². The Morgan fingerprint density at radius 3 is 2.33 bits per heavy atom. The molecule has 7 rings (SSSR count). The standard InChI is InChI=1S/C35H29ClFN3O8/c1-47-21-11-14-27(41)25(15-21)29-22-12-13-23-28(32(44)39(30(23)42)34(46)48-2)24(22)16-26-31(43)40(38-20-9-7-19(37)8-10-20)33(45)35(26,29)17-3-5-18(36)6-4-17/h3-12,14-15,23-24,26,28-29,38,41H,13,16H2,1-2H3/t23-,24+,26-,28-,29+,35+/m0/s1. The Labute approximate surface area is 278 Å². The summed E-state index contributed by atoms with van der Waals surface area (Å²) in [6.45, 7) is 0. The van der Waals surface area contributed by atoms with Crippen LogP contribution in [0.1, 0.15) is 29.9 Å². The van der Waals surface area contributed by atoms with Gasteiger partial charge in [0.1, 0.15) is 17.3 Å². The third kappa shape index (κ3) is 4.42. The van der Waals surface area contributed by atoms with E-state index >= 15 is 4.79 Å². The molecular weight excluding hydrogens is 645 g/mol. The predicted octanol–water partition coefficient (Wildman–Crippen LogP) is 4.94. The lowest BCUT2D eigenvalue weighted by molar-refractivity contribution is -0.140. The highest BCUT2D eigenvalue weighted by molar-refractivity contribution is 6.30. The van der Waals surface area contributed by atoms with Gasteiger partial charge in [0.05, 0.1) is 43.1 Å². The minimum Gasteiger partial charge on any atom is -0.508 e. The summed E-state index contributed by atoms with van der Waals surface area (Å²) in [5.41, 5.74) is 2.68. The largest absolute Gasteiger partial charge is 0.508 e. The summed E-state index contributed by atoms with van der Waals surface area (Å²) in [6, 6.07) is 16.2. The molecule has 1 saturated carbocycles. The summed E-state index contributed by atoms with van der Waals surface area (Å²) in [4.78, 5) is 70.0. The molecule has 13 heteroatoms. The number of nitrogens with zero attached hydrogens (tertiary/aromatic N) is 2. The highest BCUT2D eigenvalue weighted by Gasteiger charge is 2.71. The predicted molar refractivity (Wildman–Crippen MR) is 168 cm³/mol. The maximum Gasteiger partial charge on any atom is 0.423 e. The second-order valence-corrected chi connectivity index (χ2v) is 12.7. The lowest BCUT2D eigenvalue weighted by Crippen LogP contribution is -2.53. The molecule has 3 aromatic carbocycles. The van der Waals surface area contributed by atoms with Gasteiger partial charge in [-0.1, -0.05) is 35.4 Å². The first-order valence-electron chi connectivity index (χ1n) is 15.2. The van der Waals surface area contributed by atoms with Crippen LogP contribution in [0.25, 0.3) is 0 Å². The number of fused-ring (bicyclic) bond motifs is 4. The van der Waals surface area contributed by atoms with E-state index in [0.29, 0.717) is 26.8 Å². The van der Waals surface area contributed by atoms with Gasteiger partial charge in [-0.25, -0.2) is 9.18 Å². The molecule has 0 aromatic heterocycles. The number of allylic oxidation sites excluding steroid dienone is 2. The van der Waals surface area contributed by atoms with E-state index < -0.39 is 70.5 Å². The maximum absolute atomic E-state index is 15.1. The van der Waals surface area contributed by atoms with Gasteiger partial charge < -0.3 is 14.6 Å². The van der Waals surface area contributed by atoms with E-state index in [4.69, 9.17) is 21.1 Å². The summed E-state index contributed by atoms with van der Waals surface area (Å²) in [6.07, 6.45) is 0.702. The number of hydrogen-bond acceptors (Lipinski definition) is 9. The molecule has 2 saturated heterocycles. The molecule has 246 valence electrons. The van der Waals surface area contributed by atoms with Crippen LogP contribution in [-0.4, -0.2) is 59.0 Å². The first-order chi connectivity index (χ1) is 23.0. The van der Waals surface area contributed by atoms with E-state index in [-0.39, 0.29) is 29.8 Å². The molecule has 2 aliphatic heterocycles. The molecule has 2 N–H and O–H groups in total. The molecule has 2 aliphatic carbocycles. The number of anilines is 1. The molecule has 2 heterocycles. The number of ether oxygens (including phenoxy) is 2. The number of hydrazine groups is 1. The highest BCUT2D eigenvalue weighted by atomic mass is 35.5. The van der Waals surface area contributed by atoms with Crippen LogP contribution in [-0.2, 0) is 29.3 Å². The van der Waals surface area contributed by atoms with Gasteiger partial charge in [-0.2, -0.15) is 9.91 Å². The fraction of sp³-hybridized carbons (Fsp3) is 0.286. The van der Waals surface area contributed by atoms with Gasteiger partial charge in [0.2, 0.25) is 11.8 Å². The van der Waals surface area contributed by atoms with Gasteiger partial charge in [-0.15, -0.1) is 0 Å². The molecular formula is C35H29ClFN3O8. The van der Waals surface area contributed by atoms with Gasteiger partial charge in [0.15, 0.2) is 0 Å².